The van der Waals surface area contributed by atoms with Gasteiger partial charge in [-0.05, 0) is 68.4 Å². The predicted molar refractivity (Wildman–Crippen MR) is 115 cm³/mol. The van der Waals surface area contributed by atoms with Gasteiger partial charge in [0.2, 0.25) is 5.91 Å². The number of thioether (sulfide) groups is 1. The van der Waals surface area contributed by atoms with E-state index in [2.05, 4.69) is 21.2 Å². The molecule has 7 heteroatoms. The second-order valence-electron chi connectivity index (χ2n) is 9.20. The van der Waals surface area contributed by atoms with Crippen LogP contribution in [0.25, 0.3) is 5.69 Å². The minimum atomic E-state index is -0.0175. The van der Waals surface area contributed by atoms with E-state index in [0.717, 1.165) is 47.9 Å². The summed E-state index contributed by atoms with van der Waals surface area (Å²) < 4.78 is 1.92. The zero-order chi connectivity index (χ0) is 20.6. The van der Waals surface area contributed by atoms with Gasteiger partial charge < -0.3 is 4.90 Å². The van der Waals surface area contributed by atoms with Gasteiger partial charge in [-0.2, -0.15) is 5.26 Å². The fraction of sp³-hybridized carbons (Fsp3) is 0.565. The van der Waals surface area contributed by atoms with Crippen LogP contribution in [0.2, 0.25) is 0 Å². The molecule has 0 spiro atoms. The highest BCUT2D eigenvalue weighted by Gasteiger charge is 2.54. The number of carbonyl (C=O) groups is 1. The zero-order valence-corrected chi connectivity index (χ0v) is 17.9. The van der Waals surface area contributed by atoms with Gasteiger partial charge in [-0.1, -0.05) is 30.0 Å². The van der Waals surface area contributed by atoms with Crippen LogP contribution in [0.5, 0.6) is 0 Å². The van der Waals surface area contributed by atoms with Crippen LogP contribution in [0.3, 0.4) is 0 Å². The molecule has 4 aliphatic carbocycles. The van der Waals surface area contributed by atoms with Crippen LogP contribution < -0.4 is 0 Å². The second kappa shape index (κ2) is 8.07. The third-order valence-electron chi connectivity index (χ3n) is 7.20. The van der Waals surface area contributed by atoms with Gasteiger partial charge in [0, 0.05) is 17.8 Å². The van der Waals surface area contributed by atoms with Crippen molar-refractivity contribution in [1.82, 2.24) is 19.7 Å². The molecule has 4 saturated carbocycles. The highest BCUT2D eigenvalue weighted by molar-refractivity contribution is 7.99. The summed E-state index contributed by atoms with van der Waals surface area (Å²) in [6.45, 7) is 0.549. The molecular formula is C23H27N5OS. The van der Waals surface area contributed by atoms with Crippen molar-refractivity contribution in [2.75, 3.05) is 12.3 Å². The van der Waals surface area contributed by atoms with Crippen molar-refractivity contribution in [2.24, 2.45) is 17.8 Å². The summed E-state index contributed by atoms with van der Waals surface area (Å²) in [4.78, 5) is 15.5. The summed E-state index contributed by atoms with van der Waals surface area (Å²) >= 11 is 1.44. The van der Waals surface area contributed by atoms with Crippen molar-refractivity contribution in [3.8, 4) is 11.8 Å². The van der Waals surface area contributed by atoms with Crippen LogP contribution in [-0.2, 0) is 4.79 Å². The summed E-state index contributed by atoms with van der Waals surface area (Å²) in [5.74, 6) is 2.77. The number of rotatable bonds is 7. The molecule has 0 radical (unpaired) electrons. The molecule has 1 aromatic carbocycles. The Kier molecular flexibility index (Phi) is 5.28. The lowest BCUT2D eigenvalue weighted by Crippen LogP contribution is -2.62. The number of para-hydroxylation sites is 1. The smallest absolute Gasteiger partial charge is 0.233 e. The Morgan fingerprint density at radius 3 is 2.47 bits per heavy atom. The Bertz CT molecular complexity index is 915. The first kappa shape index (κ1) is 19.6. The number of nitrogens with zero attached hydrogens (tertiary/aromatic N) is 5. The van der Waals surface area contributed by atoms with Crippen molar-refractivity contribution in [3.63, 3.8) is 0 Å². The van der Waals surface area contributed by atoms with Crippen LogP contribution in [0.15, 0.2) is 41.8 Å². The summed E-state index contributed by atoms with van der Waals surface area (Å²) in [7, 11) is 0. The number of hydrogen-bond acceptors (Lipinski definition) is 5. The first-order chi connectivity index (χ1) is 14.7. The van der Waals surface area contributed by atoms with Crippen LogP contribution in [-0.4, -0.2) is 43.4 Å². The van der Waals surface area contributed by atoms with Gasteiger partial charge in [-0.3, -0.25) is 9.36 Å². The van der Waals surface area contributed by atoms with E-state index in [9.17, 15) is 10.1 Å². The minimum absolute atomic E-state index is 0.0175. The number of carbonyl (C=O) groups excluding carboxylic acids is 1. The lowest BCUT2D eigenvalue weighted by Gasteiger charge is -2.60. The Morgan fingerprint density at radius 1 is 1.17 bits per heavy atom. The van der Waals surface area contributed by atoms with E-state index in [1.54, 1.807) is 6.33 Å². The van der Waals surface area contributed by atoms with Crippen LogP contribution >= 0.6 is 11.8 Å². The van der Waals surface area contributed by atoms with Crippen molar-refractivity contribution >= 4 is 17.7 Å². The fourth-order valence-electron chi connectivity index (χ4n) is 6.48. The zero-order valence-electron chi connectivity index (χ0n) is 17.1. The van der Waals surface area contributed by atoms with Crippen LogP contribution in [0.4, 0.5) is 0 Å². The van der Waals surface area contributed by atoms with Crippen molar-refractivity contribution < 1.29 is 4.79 Å². The summed E-state index contributed by atoms with van der Waals surface area (Å²) in [5, 5.41) is 18.2. The number of aromatic nitrogens is 3. The average Bonchev–Trinajstić information content (AvgIpc) is 3.21. The molecular weight excluding hydrogens is 394 g/mol. The maximum atomic E-state index is 13.4. The topological polar surface area (TPSA) is 74.8 Å². The number of benzene rings is 1. The van der Waals surface area contributed by atoms with Gasteiger partial charge in [-0.25, -0.2) is 0 Å². The molecule has 0 saturated heterocycles. The molecule has 4 aliphatic rings. The van der Waals surface area contributed by atoms with Gasteiger partial charge >= 0.3 is 0 Å². The maximum Gasteiger partial charge on any atom is 0.233 e. The fourth-order valence-corrected chi connectivity index (χ4v) is 7.28. The number of nitriles is 1. The third kappa shape index (κ3) is 3.62. The van der Waals surface area contributed by atoms with Gasteiger partial charge in [0.05, 0.1) is 18.2 Å². The molecule has 0 atom stereocenters. The molecule has 1 aromatic heterocycles. The van der Waals surface area contributed by atoms with Crippen LogP contribution in [0, 0.1) is 29.1 Å². The molecule has 0 N–H and O–H groups in total. The lowest BCUT2D eigenvalue weighted by molar-refractivity contribution is -0.147. The van der Waals surface area contributed by atoms with Crippen molar-refractivity contribution in [1.29, 1.82) is 5.26 Å². The molecule has 0 aliphatic heterocycles. The molecule has 4 fully saturated rings. The highest BCUT2D eigenvalue weighted by Crippen LogP contribution is 2.57. The highest BCUT2D eigenvalue weighted by atomic mass is 32.2. The van der Waals surface area contributed by atoms with Crippen LogP contribution in [0.1, 0.15) is 44.9 Å². The Hall–Kier alpha value is -2.33. The molecule has 2 aromatic rings. The van der Waals surface area contributed by atoms with E-state index in [1.807, 2.05) is 34.9 Å². The summed E-state index contributed by atoms with van der Waals surface area (Å²) in [6.07, 6.45) is 9.49. The van der Waals surface area contributed by atoms with Gasteiger partial charge in [0.25, 0.3) is 0 Å². The van der Waals surface area contributed by atoms with E-state index in [1.165, 1.54) is 31.0 Å². The van der Waals surface area contributed by atoms with Gasteiger partial charge in [0.1, 0.15) is 6.33 Å². The minimum Gasteiger partial charge on any atom is -0.335 e. The number of amides is 1. The standard InChI is InChI=1S/C23H27N5OS/c24-7-4-8-28(23-12-17-9-18(13-23)11-19(10-17)14-23)21(29)15-30-22-26-25-16-27(22)20-5-2-1-3-6-20/h1-3,5-6,16-19H,4,8-15H2. The van der Waals surface area contributed by atoms with Gasteiger partial charge in [-0.15, -0.1) is 10.2 Å². The first-order valence-electron chi connectivity index (χ1n) is 10.9. The molecule has 156 valence electrons. The Balaban J connectivity index is 1.33. The number of hydrogen-bond donors (Lipinski definition) is 0. The van der Waals surface area contributed by atoms with Crippen molar-refractivity contribution in [3.05, 3.63) is 36.7 Å². The Labute approximate surface area is 181 Å². The SMILES string of the molecule is N#CCCN(C(=O)CSc1nncn1-c1ccccc1)C12CC3CC(CC(C3)C1)C2. The molecule has 0 unspecified atom stereocenters. The summed E-state index contributed by atoms with van der Waals surface area (Å²) in [6, 6.07) is 12.2. The molecule has 1 amide bonds. The molecule has 6 nitrogen and oxygen atoms in total. The second-order valence-corrected chi connectivity index (χ2v) is 10.1. The first-order valence-corrected chi connectivity index (χ1v) is 11.9. The largest absolute Gasteiger partial charge is 0.335 e. The quantitative estimate of drug-likeness (QED) is 0.630. The third-order valence-corrected chi connectivity index (χ3v) is 8.13. The summed E-state index contributed by atoms with van der Waals surface area (Å²) in [5.41, 5.74) is 0.968. The molecule has 1 heterocycles. The monoisotopic (exact) mass is 421 g/mol. The average molecular weight is 422 g/mol. The van der Waals surface area contributed by atoms with E-state index in [4.69, 9.17) is 0 Å². The van der Waals surface area contributed by atoms with E-state index < -0.39 is 0 Å². The maximum absolute atomic E-state index is 13.4. The van der Waals surface area contributed by atoms with E-state index >= 15 is 0 Å². The molecule has 30 heavy (non-hydrogen) atoms. The van der Waals surface area contributed by atoms with Gasteiger partial charge in [0.15, 0.2) is 5.16 Å². The lowest BCUT2D eigenvalue weighted by atomic mass is 9.52. The van der Waals surface area contributed by atoms with E-state index in [0.29, 0.717) is 18.7 Å². The normalized spacial score (nSPS) is 29.0. The predicted octanol–water partition coefficient (Wildman–Crippen LogP) is 4.07. The molecule has 6 rings (SSSR count). The Morgan fingerprint density at radius 2 is 1.83 bits per heavy atom. The van der Waals surface area contributed by atoms with E-state index in [-0.39, 0.29) is 11.4 Å². The molecule has 4 bridgehead atoms. The van der Waals surface area contributed by atoms with Crippen molar-refractivity contribution in [2.45, 2.75) is 55.6 Å².